The Morgan fingerprint density at radius 3 is 2.13 bits per heavy atom. The van der Waals surface area contributed by atoms with Crippen molar-refractivity contribution in [2.45, 2.75) is 11.3 Å². The van der Waals surface area contributed by atoms with Gasteiger partial charge in [0.25, 0.3) is 10.0 Å². The van der Waals surface area contributed by atoms with Gasteiger partial charge in [-0.25, -0.2) is 8.42 Å². The third-order valence-electron chi connectivity index (χ3n) is 2.48. The first-order chi connectivity index (χ1) is 10.6. The molecule has 0 fully saturated rings. The molecular formula is C13H8Br2F3NO3S. The summed E-state index contributed by atoms with van der Waals surface area (Å²) in [5.41, 5.74) is 0.174. The minimum absolute atomic E-state index is 0.174. The van der Waals surface area contributed by atoms with Gasteiger partial charge in [-0.15, -0.1) is 13.2 Å². The van der Waals surface area contributed by atoms with E-state index in [2.05, 4.69) is 41.3 Å². The van der Waals surface area contributed by atoms with E-state index >= 15 is 0 Å². The van der Waals surface area contributed by atoms with Crippen molar-refractivity contribution in [1.82, 2.24) is 0 Å². The van der Waals surface area contributed by atoms with Crippen molar-refractivity contribution in [3.63, 3.8) is 0 Å². The first-order valence-corrected chi connectivity index (χ1v) is 8.97. The lowest BCUT2D eigenvalue weighted by molar-refractivity contribution is -0.275. The van der Waals surface area contributed by atoms with E-state index in [-0.39, 0.29) is 5.69 Å². The number of sulfonamides is 1. The number of para-hydroxylation sites is 1. The normalized spacial score (nSPS) is 12.0. The lowest BCUT2D eigenvalue weighted by atomic mass is 10.3. The fourth-order valence-electron chi connectivity index (χ4n) is 1.70. The minimum atomic E-state index is -5.00. The largest absolute Gasteiger partial charge is 0.573 e. The monoisotopic (exact) mass is 473 g/mol. The van der Waals surface area contributed by atoms with Gasteiger partial charge in [-0.2, -0.15) is 0 Å². The molecule has 10 heteroatoms. The van der Waals surface area contributed by atoms with E-state index in [1.165, 1.54) is 24.3 Å². The molecule has 0 atom stereocenters. The van der Waals surface area contributed by atoms with E-state index in [1.54, 1.807) is 6.07 Å². The smallest absolute Gasteiger partial charge is 0.404 e. The van der Waals surface area contributed by atoms with E-state index < -0.39 is 27.0 Å². The van der Waals surface area contributed by atoms with Crippen LogP contribution in [0.2, 0.25) is 0 Å². The van der Waals surface area contributed by atoms with Crippen LogP contribution in [0.5, 0.6) is 5.75 Å². The molecular weight excluding hydrogens is 467 g/mol. The van der Waals surface area contributed by atoms with Gasteiger partial charge in [0.1, 0.15) is 10.6 Å². The van der Waals surface area contributed by atoms with Gasteiger partial charge < -0.3 is 4.74 Å². The summed E-state index contributed by atoms with van der Waals surface area (Å²) in [4.78, 5) is -0.617. The van der Waals surface area contributed by atoms with Crippen LogP contribution in [0.15, 0.2) is 56.3 Å². The maximum Gasteiger partial charge on any atom is 0.573 e. The van der Waals surface area contributed by atoms with Crippen LogP contribution in [-0.2, 0) is 10.0 Å². The zero-order valence-corrected chi connectivity index (χ0v) is 15.1. The van der Waals surface area contributed by atoms with Crippen LogP contribution in [0.25, 0.3) is 0 Å². The van der Waals surface area contributed by atoms with Crippen molar-refractivity contribution in [2.75, 3.05) is 4.72 Å². The highest BCUT2D eigenvalue weighted by Gasteiger charge is 2.34. The van der Waals surface area contributed by atoms with E-state index in [0.717, 1.165) is 12.1 Å². The minimum Gasteiger partial charge on any atom is -0.404 e. The zero-order chi connectivity index (χ0) is 17.3. The molecule has 4 nitrogen and oxygen atoms in total. The maximum atomic E-state index is 12.4. The molecule has 2 aromatic rings. The Kier molecular flexibility index (Phi) is 5.27. The molecule has 23 heavy (non-hydrogen) atoms. The lowest BCUT2D eigenvalue weighted by Gasteiger charge is -2.14. The highest BCUT2D eigenvalue weighted by molar-refractivity contribution is 9.11. The van der Waals surface area contributed by atoms with Gasteiger partial charge in [-0.05, 0) is 30.3 Å². The molecule has 0 unspecified atom stereocenters. The van der Waals surface area contributed by atoms with Gasteiger partial charge in [-0.1, -0.05) is 44.0 Å². The predicted octanol–water partition coefficient (Wildman–Crippen LogP) is 4.91. The van der Waals surface area contributed by atoms with Gasteiger partial charge in [0.05, 0.1) is 5.69 Å². The first kappa shape index (κ1) is 18.1. The SMILES string of the molecule is O=S(=O)(Nc1cc(Br)cc(Br)c1)c1ccccc1OC(F)(F)F. The standard InChI is InChI=1S/C13H8Br2F3NO3S/c14-8-5-9(15)7-10(6-8)19-23(20,21)12-4-2-1-3-11(12)22-13(16,17)18/h1-7,19H. The van der Waals surface area contributed by atoms with Crippen molar-refractivity contribution in [2.24, 2.45) is 0 Å². The number of halogens is 5. The molecule has 2 rings (SSSR count). The van der Waals surface area contributed by atoms with Gasteiger partial charge in [0.2, 0.25) is 0 Å². The van der Waals surface area contributed by atoms with E-state index in [9.17, 15) is 21.6 Å². The van der Waals surface area contributed by atoms with Crippen LogP contribution in [0.1, 0.15) is 0 Å². The molecule has 0 aliphatic heterocycles. The van der Waals surface area contributed by atoms with Gasteiger partial charge in [0, 0.05) is 8.95 Å². The fourth-order valence-corrected chi connectivity index (χ4v) is 4.17. The van der Waals surface area contributed by atoms with Gasteiger partial charge in [0.15, 0.2) is 0 Å². The zero-order valence-electron chi connectivity index (χ0n) is 11.1. The summed E-state index contributed by atoms with van der Waals surface area (Å²) in [6, 6.07) is 9.11. The first-order valence-electron chi connectivity index (χ1n) is 5.90. The molecule has 0 aliphatic carbocycles. The molecule has 0 saturated heterocycles. The van der Waals surface area contributed by atoms with Crippen LogP contribution in [0.4, 0.5) is 18.9 Å². The number of hydrogen-bond acceptors (Lipinski definition) is 3. The predicted molar refractivity (Wildman–Crippen MR) is 85.8 cm³/mol. The summed E-state index contributed by atoms with van der Waals surface area (Å²) in [6.45, 7) is 0. The third kappa shape index (κ3) is 5.11. The number of benzene rings is 2. The van der Waals surface area contributed by atoms with Crippen LogP contribution in [-0.4, -0.2) is 14.8 Å². The molecule has 124 valence electrons. The summed E-state index contributed by atoms with van der Waals surface area (Å²) < 4.78 is 69.0. The molecule has 0 radical (unpaired) electrons. The Morgan fingerprint density at radius 1 is 1.00 bits per heavy atom. The molecule has 0 saturated carbocycles. The van der Waals surface area contributed by atoms with Crippen molar-refractivity contribution in [3.8, 4) is 5.75 Å². The second kappa shape index (κ2) is 6.70. The Balaban J connectivity index is 2.40. The quantitative estimate of drug-likeness (QED) is 0.684. The number of rotatable bonds is 4. The summed E-state index contributed by atoms with van der Waals surface area (Å²) in [6.07, 6.45) is -5.00. The Bertz CT molecular complexity index is 805. The number of nitrogens with one attached hydrogen (secondary N) is 1. The summed E-state index contributed by atoms with van der Waals surface area (Å²) >= 11 is 6.39. The average molecular weight is 475 g/mol. The molecule has 0 aliphatic rings. The second-order valence-electron chi connectivity index (χ2n) is 4.26. The Hall–Kier alpha value is -1.26. The number of anilines is 1. The lowest BCUT2D eigenvalue weighted by Crippen LogP contribution is -2.20. The van der Waals surface area contributed by atoms with Crippen molar-refractivity contribution in [3.05, 3.63) is 51.4 Å². The molecule has 0 heterocycles. The topological polar surface area (TPSA) is 55.4 Å². The van der Waals surface area contributed by atoms with Crippen LogP contribution < -0.4 is 9.46 Å². The van der Waals surface area contributed by atoms with E-state index in [0.29, 0.717) is 8.95 Å². The maximum absolute atomic E-state index is 12.4. The Morgan fingerprint density at radius 2 is 1.57 bits per heavy atom. The van der Waals surface area contributed by atoms with E-state index in [4.69, 9.17) is 0 Å². The summed E-state index contributed by atoms with van der Waals surface area (Å²) in [7, 11) is -4.27. The summed E-state index contributed by atoms with van der Waals surface area (Å²) in [5.74, 6) is -0.804. The van der Waals surface area contributed by atoms with Gasteiger partial charge >= 0.3 is 6.36 Å². The van der Waals surface area contributed by atoms with Crippen LogP contribution >= 0.6 is 31.9 Å². The van der Waals surface area contributed by atoms with Crippen LogP contribution in [0.3, 0.4) is 0 Å². The highest BCUT2D eigenvalue weighted by atomic mass is 79.9. The van der Waals surface area contributed by atoms with Crippen LogP contribution in [0, 0.1) is 0 Å². The molecule has 0 aromatic heterocycles. The fraction of sp³-hybridized carbons (Fsp3) is 0.0769. The number of alkyl halides is 3. The number of hydrogen-bond donors (Lipinski definition) is 1. The third-order valence-corrected chi connectivity index (χ3v) is 4.82. The van der Waals surface area contributed by atoms with Gasteiger partial charge in [-0.3, -0.25) is 4.72 Å². The number of ether oxygens (including phenoxy) is 1. The van der Waals surface area contributed by atoms with Crippen molar-refractivity contribution in [1.29, 1.82) is 0 Å². The highest BCUT2D eigenvalue weighted by Crippen LogP contribution is 2.31. The van der Waals surface area contributed by atoms with Crippen molar-refractivity contribution >= 4 is 47.6 Å². The molecule has 1 N–H and O–H groups in total. The second-order valence-corrected chi connectivity index (χ2v) is 7.74. The Labute approximate surface area is 147 Å². The molecule has 2 aromatic carbocycles. The summed E-state index contributed by atoms with van der Waals surface area (Å²) in [5, 5.41) is 0. The average Bonchev–Trinajstić information content (AvgIpc) is 2.35. The molecule has 0 spiro atoms. The van der Waals surface area contributed by atoms with E-state index in [1.807, 2.05) is 0 Å². The molecule has 0 amide bonds. The van der Waals surface area contributed by atoms with Crippen molar-refractivity contribution < 1.29 is 26.3 Å². The molecule has 0 bridgehead atoms.